The maximum absolute atomic E-state index is 8.92. The Hall–Kier alpha value is -2.06. The summed E-state index contributed by atoms with van der Waals surface area (Å²) in [4.78, 5) is 5.38. The first kappa shape index (κ1) is 13.4. The lowest BCUT2D eigenvalue weighted by molar-refractivity contribution is 0.408. The van der Waals surface area contributed by atoms with E-state index in [1.807, 2.05) is 13.0 Å². The number of hydrogen-bond acceptors (Lipinski definition) is 5. The number of thiazole rings is 1. The highest BCUT2D eigenvalue weighted by atomic mass is 32.1. The number of hydrogen-bond donors (Lipinski definition) is 1. The normalized spacial score (nSPS) is 11.9. The smallest absolute Gasteiger partial charge is 0.180 e. The lowest BCUT2D eigenvalue weighted by atomic mass is 9.96. The summed E-state index contributed by atoms with van der Waals surface area (Å²) in [7, 11) is 1.61. The number of ether oxygens (including phenoxy) is 1. The third-order valence-corrected chi connectivity index (χ3v) is 4.24. The Morgan fingerprint density at radius 3 is 2.74 bits per heavy atom. The van der Waals surface area contributed by atoms with E-state index >= 15 is 0 Å². The molecule has 5 heteroatoms. The van der Waals surface area contributed by atoms with Crippen LogP contribution in [0.3, 0.4) is 0 Å². The third kappa shape index (κ3) is 2.54. The van der Waals surface area contributed by atoms with Crippen molar-refractivity contribution < 1.29 is 4.74 Å². The molecule has 1 unspecified atom stereocenters. The molecule has 0 aliphatic rings. The highest BCUT2D eigenvalue weighted by molar-refractivity contribution is 7.15. The minimum Gasteiger partial charge on any atom is -0.496 e. The van der Waals surface area contributed by atoms with Gasteiger partial charge in [-0.25, -0.2) is 4.98 Å². The van der Waals surface area contributed by atoms with E-state index in [-0.39, 0.29) is 5.92 Å². The van der Waals surface area contributed by atoms with E-state index in [0.29, 0.717) is 10.7 Å². The van der Waals surface area contributed by atoms with Crippen LogP contribution >= 0.6 is 11.3 Å². The molecule has 0 aliphatic carbocycles. The highest BCUT2D eigenvalue weighted by Gasteiger charge is 2.19. The van der Waals surface area contributed by atoms with Crippen molar-refractivity contribution in [2.24, 2.45) is 0 Å². The molecule has 4 nitrogen and oxygen atoms in total. The molecule has 19 heavy (non-hydrogen) atoms. The molecule has 98 valence electrons. The summed E-state index contributed by atoms with van der Waals surface area (Å²) in [6, 6.07) is 7.60. The van der Waals surface area contributed by atoms with Crippen molar-refractivity contribution in [1.29, 1.82) is 5.26 Å². The fraction of sp³-hybridized carbons (Fsp3) is 0.286. The van der Waals surface area contributed by atoms with Crippen LogP contribution in [0.4, 0.5) is 5.13 Å². The van der Waals surface area contributed by atoms with Crippen LogP contribution in [0.15, 0.2) is 18.2 Å². The highest BCUT2D eigenvalue weighted by Crippen LogP contribution is 2.37. The Morgan fingerprint density at radius 1 is 1.47 bits per heavy atom. The van der Waals surface area contributed by atoms with Gasteiger partial charge in [0.25, 0.3) is 0 Å². The zero-order valence-corrected chi connectivity index (χ0v) is 11.9. The van der Waals surface area contributed by atoms with E-state index in [0.717, 1.165) is 21.9 Å². The van der Waals surface area contributed by atoms with Crippen LogP contribution in [0.1, 0.15) is 34.5 Å². The summed E-state index contributed by atoms with van der Waals surface area (Å²) in [5.41, 5.74) is 8.32. The fourth-order valence-corrected chi connectivity index (χ4v) is 3.02. The van der Waals surface area contributed by atoms with Gasteiger partial charge in [0.05, 0.1) is 24.4 Å². The van der Waals surface area contributed by atoms with Crippen LogP contribution in [-0.2, 0) is 0 Å². The van der Waals surface area contributed by atoms with Gasteiger partial charge in [0, 0.05) is 16.4 Å². The standard InChI is InChI=1S/C14H15N3OS/c1-8(13-9(2)17-14(16)19-13)11-5-4-10(7-15)6-12(11)18-3/h4-6,8H,1-3H3,(H2,16,17). The van der Waals surface area contributed by atoms with Crippen molar-refractivity contribution >= 4 is 16.5 Å². The molecule has 0 bridgehead atoms. The zero-order chi connectivity index (χ0) is 14.0. The first-order valence-electron chi connectivity index (χ1n) is 5.87. The second kappa shape index (κ2) is 5.29. The lowest BCUT2D eigenvalue weighted by Gasteiger charge is -2.15. The first-order chi connectivity index (χ1) is 9.06. The van der Waals surface area contributed by atoms with Crippen molar-refractivity contribution in [2.75, 3.05) is 12.8 Å². The average Bonchev–Trinajstić information content (AvgIpc) is 2.76. The summed E-state index contributed by atoms with van der Waals surface area (Å²) in [5.74, 6) is 0.857. The number of methoxy groups -OCH3 is 1. The van der Waals surface area contributed by atoms with Crippen LogP contribution in [0, 0.1) is 18.3 Å². The maximum Gasteiger partial charge on any atom is 0.180 e. The van der Waals surface area contributed by atoms with Gasteiger partial charge in [-0.2, -0.15) is 5.26 Å². The Kier molecular flexibility index (Phi) is 3.72. The largest absolute Gasteiger partial charge is 0.496 e. The number of nitrogens with zero attached hydrogens (tertiary/aromatic N) is 2. The zero-order valence-electron chi connectivity index (χ0n) is 11.1. The Morgan fingerprint density at radius 2 is 2.21 bits per heavy atom. The topological polar surface area (TPSA) is 71.9 Å². The molecular formula is C14H15N3OS. The minimum absolute atomic E-state index is 0.137. The van der Waals surface area contributed by atoms with Crippen LogP contribution in [-0.4, -0.2) is 12.1 Å². The third-order valence-electron chi connectivity index (χ3n) is 3.07. The molecule has 1 aromatic carbocycles. The van der Waals surface area contributed by atoms with Crippen LogP contribution in [0.2, 0.25) is 0 Å². The van der Waals surface area contributed by atoms with Gasteiger partial charge in [0.1, 0.15) is 5.75 Å². The number of nitrogen functional groups attached to an aromatic ring is 1. The van der Waals surface area contributed by atoms with Gasteiger partial charge < -0.3 is 10.5 Å². The van der Waals surface area contributed by atoms with Gasteiger partial charge in [-0.3, -0.25) is 0 Å². The molecule has 1 heterocycles. The molecule has 1 aromatic heterocycles. The number of aryl methyl sites for hydroxylation is 1. The van der Waals surface area contributed by atoms with Crippen LogP contribution < -0.4 is 10.5 Å². The van der Waals surface area contributed by atoms with Crippen molar-refractivity contribution in [3.63, 3.8) is 0 Å². The number of nitrogens with two attached hydrogens (primary N) is 1. The number of benzene rings is 1. The fourth-order valence-electron chi connectivity index (χ4n) is 2.11. The maximum atomic E-state index is 8.92. The molecular weight excluding hydrogens is 258 g/mol. The summed E-state index contributed by atoms with van der Waals surface area (Å²) in [5, 5.41) is 9.50. The van der Waals surface area contributed by atoms with Crippen molar-refractivity contribution in [3.05, 3.63) is 39.9 Å². The second-order valence-electron chi connectivity index (χ2n) is 4.29. The molecule has 0 fully saturated rings. The van der Waals surface area contributed by atoms with E-state index in [4.69, 9.17) is 15.7 Å². The van der Waals surface area contributed by atoms with Gasteiger partial charge in [-0.1, -0.05) is 13.0 Å². The van der Waals surface area contributed by atoms with Crippen molar-refractivity contribution in [1.82, 2.24) is 4.98 Å². The predicted molar refractivity (Wildman–Crippen MR) is 76.5 cm³/mol. The molecule has 2 N–H and O–H groups in total. The number of anilines is 1. The monoisotopic (exact) mass is 273 g/mol. The van der Waals surface area contributed by atoms with Crippen LogP contribution in [0.25, 0.3) is 0 Å². The lowest BCUT2D eigenvalue weighted by Crippen LogP contribution is -2.00. The molecule has 0 saturated heterocycles. The summed E-state index contributed by atoms with van der Waals surface area (Å²) >= 11 is 1.49. The minimum atomic E-state index is 0.137. The van der Waals surface area contributed by atoms with Crippen molar-refractivity contribution in [3.8, 4) is 11.8 Å². The molecule has 0 spiro atoms. The molecule has 2 aromatic rings. The van der Waals surface area contributed by atoms with Gasteiger partial charge in [-0.05, 0) is 19.1 Å². The van der Waals surface area contributed by atoms with E-state index in [2.05, 4.69) is 18.0 Å². The molecule has 1 atom stereocenters. The molecule has 2 rings (SSSR count). The van der Waals surface area contributed by atoms with E-state index in [1.165, 1.54) is 11.3 Å². The number of aromatic nitrogens is 1. The second-order valence-corrected chi connectivity index (χ2v) is 5.35. The molecule has 0 amide bonds. The Labute approximate surface area is 116 Å². The van der Waals surface area contributed by atoms with Crippen LogP contribution in [0.5, 0.6) is 5.75 Å². The summed E-state index contributed by atoms with van der Waals surface area (Å²) < 4.78 is 5.38. The number of rotatable bonds is 3. The molecule has 0 aliphatic heterocycles. The molecule has 0 radical (unpaired) electrons. The average molecular weight is 273 g/mol. The number of nitriles is 1. The Bertz CT molecular complexity index is 643. The summed E-state index contributed by atoms with van der Waals surface area (Å²) in [6.07, 6.45) is 0. The van der Waals surface area contributed by atoms with Gasteiger partial charge in [-0.15, -0.1) is 11.3 Å². The Balaban J connectivity index is 2.47. The first-order valence-corrected chi connectivity index (χ1v) is 6.69. The van der Waals surface area contributed by atoms with Gasteiger partial charge in [0.2, 0.25) is 0 Å². The van der Waals surface area contributed by atoms with E-state index in [1.54, 1.807) is 19.2 Å². The quantitative estimate of drug-likeness (QED) is 0.932. The van der Waals surface area contributed by atoms with Gasteiger partial charge in [0.15, 0.2) is 5.13 Å². The predicted octanol–water partition coefficient (Wildman–Crippen LogP) is 3.07. The summed E-state index contributed by atoms with van der Waals surface area (Å²) in [6.45, 7) is 4.04. The SMILES string of the molecule is COc1cc(C#N)ccc1C(C)c1sc(N)nc1C. The molecule has 0 saturated carbocycles. The van der Waals surface area contributed by atoms with E-state index in [9.17, 15) is 0 Å². The van der Waals surface area contributed by atoms with Gasteiger partial charge >= 0.3 is 0 Å². The van der Waals surface area contributed by atoms with E-state index < -0.39 is 0 Å². The van der Waals surface area contributed by atoms with Crippen molar-refractivity contribution in [2.45, 2.75) is 19.8 Å².